The van der Waals surface area contributed by atoms with E-state index in [2.05, 4.69) is 5.32 Å². The SMILES string of the molecule is C/C(=C\CO)CC[C@H](OC(=O)Nc1cccc2ccccc12)C(C)(C)O. The van der Waals surface area contributed by atoms with Gasteiger partial charge in [0.05, 0.1) is 17.9 Å². The molecule has 1 amide bonds. The van der Waals surface area contributed by atoms with E-state index in [1.165, 1.54) is 0 Å². The molecule has 5 heteroatoms. The number of amides is 1. The van der Waals surface area contributed by atoms with E-state index in [0.29, 0.717) is 18.5 Å². The zero-order valence-corrected chi connectivity index (χ0v) is 15.5. The van der Waals surface area contributed by atoms with Crippen LogP contribution in [-0.4, -0.2) is 34.6 Å². The summed E-state index contributed by atoms with van der Waals surface area (Å²) in [5.41, 5.74) is 0.481. The number of carbonyl (C=O) groups excluding carboxylic acids is 1. The second kappa shape index (κ2) is 8.83. The molecule has 2 aromatic rings. The maximum Gasteiger partial charge on any atom is 0.412 e. The molecular weight excluding hydrogens is 330 g/mol. The Morgan fingerprint density at radius 3 is 2.62 bits per heavy atom. The van der Waals surface area contributed by atoms with E-state index in [4.69, 9.17) is 9.84 Å². The van der Waals surface area contributed by atoms with E-state index in [9.17, 15) is 9.90 Å². The number of nitrogens with one attached hydrogen (secondary N) is 1. The van der Waals surface area contributed by atoms with Gasteiger partial charge < -0.3 is 14.9 Å². The van der Waals surface area contributed by atoms with E-state index < -0.39 is 17.8 Å². The molecular formula is C21H27NO4. The van der Waals surface area contributed by atoms with Crippen LogP contribution in [0.3, 0.4) is 0 Å². The third kappa shape index (κ3) is 5.58. The highest BCUT2D eigenvalue weighted by molar-refractivity contribution is 6.00. The minimum atomic E-state index is -1.17. The molecule has 0 saturated heterocycles. The molecule has 0 aromatic heterocycles. The van der Waals surface area contributed by atoms with Gasteiger partial charge in [-0.1, -0.05) is 48.0 Å². The normalized spacial score (nSPS) is 13.5. The summed E-state index contributed by atoms with van der Waals surface area (Å²) in [4.78, 5) is 12.4. The average Bonchev–Trinajstić information content (AvgIpc) is 2.58. The Kier molecular flexibility index (Phi) is 6.77. The Morgan fingerprint density at radius 2 is 1.92 bits per heavy atom. The van der Waals surface area contributed by atoms with E-state index in [1.807, 2.05) is 49.4 Å². The quantitative estimate of drug-likeness (QED) is 0.648. The first-order valence-corrected chi connectivity index (χ1v) is 8.75. The number of allylic oxidation sites excluding steroid dienone is 1. The molecule has 5 nitrogen and oxygen atoms in total. The van der Waals surface area contributed by atoms with Crippen molar-refractivity contribution in [1.82, 2.24) is 0 Å². The van der Waals surface area contributed by atoms with Gasteiger partial charge in [0.15, 0.2) is 0 Å². The number of ether oxygens (including phenoxy) is 1. The van der Waals surface area contributed by atoms with E-state index in [1.54, 1.807) is 19.9 Å². The number of benzene rings is 2. The molecule has 0 aliphatic heterocycles. The van der Waals surface area contributed by atoms with Crippen LogP contribution >= 0.6 is 0 Å². The number of carbonyl (C=O) groups is 1. The summed E-state index contributed by atoms with van der Waals surface area (Å²) in [6.07, 6.45) is 1.53. The Morgan fingerprint density at radius 1 is 1.23 bits per heavy atom. The lowest BCUT2D eigenvalue weighted by molar-refractivity contribution is -0.0549. The van der Waals surface area contributed by atoms with Gasteiger partial charge in [-0.25, -0.2) is 4.79 Å². The first-order valence-electron chi connectivity index (χ1n) is 8.75. The second-order valence-electron chi connectivity index (χ2n) is 6.97. The molecule has 26 heavy (non-hydrogen) atoms. The van der Waals surface area contributed by atoms with Gasteiger partial charge in [-0.2, -0.15) is 0 Å². The largest absolute Gasteiger partial charge is 0.443 e. The summed E-state index contributed by atoms with van der Waals surface area (Å²) >= 11 is 0. The maximum absolute atomic E-state index is 12.4. The zero-order chi connectivity index (χ0) is 19.2. The van der Waals surface area contributed by atoms with Crippen molar-refractivity contribution in [2.24, 2.45) is 0 Å². The van der Waals surface area contributed by atoms with Gasteiger partial charge in [-0.3, -0.25) is 5.32 Å². The van der Waals surface area contributed by atoms with Gasteiger partial charge in [0.2, 0.25) is 0 Å². The molecule has 0 bridgehead atoms. The molecule has 3 N–H and O–H groups in total. The highest BCUT2D eigenvalue weighted by Crippen LogP contribution is 2.25. The van der Waals surface area contributed by atoms with E-state index >= 15 is 0 Å². The predicted octanol–water partition coefficient (Wildman–Crippen LogP) is 4.25. The van der Waals surface area contributed by atoms with Gasteiger partial charge in [-0.05, 0) is 45.1 Å². The third-order valence-corrected chi connectivity index (χ3v) is 4.30. The molecule has 0 fully saturated rings. The molecule has 2 aromatic carbocycles. The van der Waals surface area contributed by atoms with Crippen LogP contribution in [0.1, 0.15) is 33.6 Å². The van der Waals surface area contributed by atoms with Crippen molar-refractivity contribution < 1.29 is 19.7 Å². The first kappa shape index (κ1) is 19.9. The van der Waals surface area contributed by atoms with Crippen LogP contribution in [0, 0.1) is 0 Å². The Balaban J connectivity index is 2.08. The maximum atomic E-state index is 12.4. The van der Waals surface area contributed by atoms with Crippen LogP contribution in [0.5, 0.6) is 0 Å². The van der Waals surface area contributed by atoms with Crippen LogP contribution in [0.2, 0.25) is 0 Å². The number of hydrogen-bond acceptors (Lipinski definition) is 4. The van der Waals surface area contributed by atoms with Crippen molar-refractivity contribution in [3.8, 4) is 0 Å². The minimum Gasteiger partial charge on any atom is -0.443 e. The molecule has 0 aliphatic carbocycles. The Hall–Kier alpha value is -2.37. The van der Waals surface area contributed by atoms with Crippen LogP contribution in [0.4, 0.5) is 10.5 Å². The van der Waals surface area contributed by atoms with Crippen molar-refractivity contribution in [3.63, 3.8) is 0 Å². The molecule has 1 atom stereocenters. The highest BCUT2D eigenvalue weighted by Gasteiger charge is 2.30. The van der Waals surface area contributed by atoms with Crippen molar-refractivity contribution in [2.45, 2.75) is 45.3 Å². The fraction of sp³-hybridized carbons (Fsp3) is 0.381. The van der Waals surface area contributed by atoms with Gasteiger partial charge >= 0.3 is 6.09 Å². The number of anilines is 1. The number of hydrogen-bond donors (Lipinski definition) is 3. The van der Waals surface area contributed by atoms with Crippen LogP contribution in [0.15, 0.2) is 54.1 Å². The van der Waals surface area contributed by atoms with Crippen molar-refractivity contribution >= 4 is 22.6 Å². The lowest BCUT2D eigenvalue weighted by atomic mass is 9.95. The van der Waals surface area contributed by atoms with Crippen molar-refractivity contribution in [3.05, 3.63) is 54.1 Å². The third-order valence-electron chi connectivity index (χ3n) is 4.30. The lowest BCUT2D eigenvalue weighted by Gasteiger charge is -2.29. The standard InChI is InChI=1S/C21H27NO4/c1-15(13-14-23)11-12-19(21(2,3)25)26-20(24)22-18-10-6-8-16-7-4-5-9-17(16)18/h4-10,13,19,23,25H,11-12,14H2,1-3H3,(H,22,24)/b15-13+/t19-/m0/s1. The molecule has 140 valence electrons. The van der Waals surface area contributed by atoms with Crippen LogP contribution < -0.4 is 5.32 Å². The number of rotatable bonds is 7. The monoisotopic (exact) mass is 357 g/mol. The topological polar surface area (TPSA) is 78.8 Å². The molecule has 0 spiro atoms. The lowest BCUT2D eigenvalue weighted by Crippen LogP contribution is -2.40. The summed E-state index contributed by atoms with van der Waals surface area (Å²) in [5.74, 6) is 0. The van der Waals surface area contributed by atoms with Gasteiger partial charge in [0, 0.05) is 5.39 Å². The molecule has 0 heterocycles. The minimum absolute atomic E-state index is 0.0263. The fourth-order valence-corrected chi connectivity index (χ4v) is 2.78. The summed E-state index contributed by atoms with van der Waals surface area (Å²) < 4.78 is 5.51. The van der Waals surface area contributed by atoms with Crippen LogP contribution in [0.25, 0.3) is 10.8 Å². The zero-order valence-electron chi connectivity index (χ0n) is 15.5. The van der Waals surface area contributed by atoms with Gasteiger partial charge in [-0.15, -0.1) is 0 Å². The molecule has 0 radical (unpaired) electrons. The van der Waals surface area contributed by atoms with Gasteiger partial charge in [0.1, 0.15) is 6.10 Å². The smallest absolute Gasteiger partial charge is 0.412 e. The number of aliphatic hydroxyl groups excluding tert-OH is 1. The summed E-state index contributed by atoms with van der Waals surface area (Å²) in [7, 11) is 0. The van der Waals surface area contributed by atoms with E-state index in [-0.39, 0.29) is 6.61 Å². The van der Waals surface area contributed by atoms with Crippen molar-refractivity contribution in [2.75, 3.05) is 11.9 Å². The molecule has 0 unspecified atom stereocenters. The number of fused-ring (bicyclic) bond motifs is 1. The first-order chi connectivity index (χ1) is 12.3. The Labute approximate surface area is 154 Å². The fourth-order valence-electron chi connectivity index (χ4n) is 2.78. The molecule has 0 aliphatic rings. The summed E-state index contributed by atoms with van der Waals surface area (Å²) in [5, 5.41) is 24.0. The van der Waals surface area contributed by atoms with Gasteiger partial charge in [0.25, 0.3) is 0 Å². The average molecular weight is 357 g/mol. The summed E-state index contributed by atoms with van der Waals surface area (Å²) in [6.45, 7) is 5.11. The van der Waals surface area contributed by atoms with Crippen molar-refractivity contribution in [1.29, 1.82) is 0 Å². The molecule has 0 saturated carbocycles. The predicted molar refractivity (Wildman–Crippen MR) is 104 cm³/mol. The molecule has 2 rings (SSSR count). The second-order valence-corrected chi connectivity index (χ2v) is 6.97. The highest BCUT2D eigenvalue weighted by atomic mass is 16.6. The Bertz CT molecular complexity index is 772. The number of aliphatic hydroxyl groups is 2. The van der Waals surface area contributed by atoms with Crippen LogP contribution in [-0.2, 0) is 4.74 Å². The van der Waals surface area contributed by atoms with E-state index in [0.717, 1.165) is 16.3 Å². The summed E-state index contributed by atoms with van der Waals surface area (Å²) in [6, 6.07) is 13.4.